The van der Waals surface area contributed by atoms with Gasteiger partial charge in [-0.2, -0.15) is 13.2 Å². The number of primary amides is 1. The Morgan fingerprint density at radius 2 is 1.94 bits per heavy atom. The Bertz CT molecular complexity index is 249. The van der Waals surface area contributed by atoms with Gasteiger partial charge in [0.05, 0.1) is 0 Å². The Morgan fingerprint density at radius 3 is 2.19 bits per heavy atom. The molecule has 1 rings (SSSR count). The molecule has 1 saturated heterocycles. The van der Waals surface area contributed by atoms with Crippen LogP contribution in [0.15, 0.2) is 0 Å². The molecule has 1 heterocycles. The van der Waals surface area contributed by atoms with Crippen LogP contribution in [-0.2, 0) is 9.59 Å². The van der Waals surface area contributed by atoms with E-state index in [1.165, 1.54) is 0 Å². The number of rotatable bonds is 2. The summed E-state index contributed by atoms with van der Waals surface area (Å²) < 4.78 is 31.7. The van der Waals surface area contributed by atoms with Crippen molar-refractivity contribution in [2.45, 2.75) is 19.0 Å². The fraction of sp³-hybridized carbons (Fsp3) is 0.750. The third kappa shape index (κ3) is 7.04. The van der Waals surface area contributed by atoms with Gasteiger partial charge in [0, 0.05) is 6.42 Å². The van der Waals surface area contributed by atoms with Gasteiger partial charge in [0.25, 0.3) is 0 Å². The highest BCUT2D eigenvalue weighted by molar-refractivity contribution is 5.74. The van der Waals surface area contributed by atoms with Gasteiger partial charge in [-0.1, -0.05) is 0 Å². The first kappa shape index (κ1) is 14.7. The molecule has 1 amide bonds. The number of hydrogen-bond donors (Lipinski definition) is 3. The number of hydrogen-bond acceptors (Lipinski definition) is 3. The summed E-state index contributed by atoms with van der Waals surface area (Å²) in [5.41, 5.74) is 5.01. The zero-order chi connectivity index (χ0) is 12.8. The lowest BCUT2D eigenvalue weighted by molar-refractivity contribution is -0.192. The molecule has 5 nitrogen and oxygen atoms in total. The van der Waals surface area contributed by atoms with E-state index in [0.29, 0.717) is 12.3 Å². The van der Waals surface area contributed by atoms with Gasteiger partial charge in [0.15, 0.2) is 0 Å². The fourth-order valence-corrected chi connectivity index (χ4v) is 1.17. The lowest BCUT2D eigenvalue weighted by Gasteiger charge is -2.01. The Labute approximate surface area is 89.8 Å². The highest BCUT2D eigenvalue weighted by Crippen LogP contribution is 2.13. The first-order valence-corrected chi connectivity index (χ1v) is 4.52. The van der Waals surface area contributed by atoms with E-state index in [1.807, 2.05) is 0 Å². The second-order valence-electron chi connectivity index (χ2n) is 3.33. The number of carbonyl (C=O) groups is 2. The maximum Gasteiger partial charge on any atom is 0.490 e. The van der Waals surface area contributed by atoms with E-state index in [-0.39, 0.29) is 5.91 Å². The van der Waals surface area contributed by atoms with Crippen LogP contribution >= 0.6 is 0 Å². The molecule has 0 aromatic carbocycles. The second-order valence-corrected chi connectivity index (χ2v) is 3.33. The summed E-state index contributed by atoms with van der Waals surface area (Å²) in [6.07, 6.45) is -3.43. The van der Waals surface area contributed by atoms with E-state index in [0.717, 1.165) is 19.5 Å². The average molecular weight is 242 g/mol. The van der Waals surface area contributed by atoms with E-state index in [1.54, 1.807) is 0 Å². The number of carbonyl (C=O) groups excluding carboxylic acids is 1. The number of amides is 1. The maximum atomic E-state index is 10.6. The van der Waals surface area contributed by atoms with Crippen LogP contribution in [0, 0.1) is 5.92 Å². The molecule has 0 spiro atoms. The van der Waals surface area contributed by atoms with Crippen molar-refractivity contribution >= 4 is 11.9 Å². The highest BCUT2D eigenvalue weighted by Gasteiger charge is 2.38. The monoisotopic (exact) mass is 242 g/mol. The van der Waals surface area contributed by atoms with E-state index in [4.69, 9.17) is 15.6 Å². The molecule has 4 N–H and O–H groups in total. The molecular weight excluding hydrogens is 229 g/mol. The first-order valence-electron chi connectivity index (χ1n) is 4.52. The normalized spacial score (nSPS) is 19.8. The standard InChI is InChI=1S/C6H12N2O.C2HF3O2/c7-6(9)3-5-1-2-8-4-5;3-2(4,5)1(6)7/h5,8H,1-4H2,(H2,7,9);(H,6,7). The minimum Gasteiger partial charge on any atom is -0.475 e. The van der Waals surface area contributed by atoms with Crippen LogP contribution in [0.2, 0.25) is 0 Å². The summed E-state index contributed by atoms with van der Waals surface area (Å²) in [5.74, 6) is -2.43. The fourth-order valence-electron chi connectivity index (χ4n) is 1.17. The predicted octanol–water partition coefficient (Wildman–Crippen LogP) is 0.105. The van der Waals surface area contributed by atoms with Gasteiger partial charge in [0.1, 0.15) is 0 Å². The number of nitrogens with one attached hydrogen (secondary N) is 1. The van der Waals surface area contributed by atoms with Gasteiger partial charge in [-0.3, -0.25) is 4.79 Å². The van der Waals surface area contributed by atoms with Crippen molar-refractivity contribution in [3.8, 4) is 0 Å². The van der Waals surface area contributed by atoms with Crippen molar-refractivity contribution in [1.29, 1.82) is 0 Å². The summed E-state index contributed by atoms with van der Waals surface area (Å²) in [7, 11) is 0. The Kier molecular flexibility index (Phi) is 5.79. The van der Waals surface area contributed by atoms with Gasteiger partial charge in [-0.25, -0.2) is 4.79 Å². The molecule has 16 heavy (non-hydrogen) atoms. The number of carboxylic acid groups (broad SMARTS) is 1. The summed E-state index contributed by atoms with van der Waals surface area (Å²) in [6.45, 7) is 2.00. The van der Waals surface area contributed by atoms with Crippen LogP contribution in [0.25, 0.3) is 0 Å². The van der Waals surface area contributed by atoms with E-state index < -0.39 is 12.1 Å². The summed E-state index contributed by atoms with van der Waals surface area (Å²) in [5, 5.41) is 10.3. The lowest BCUT2D eigenvalue weighted by atomic mass is 10.1. The molecule has 1 atom stereocenters. The Morgan fingerprint density at radius 1 is 1.44 bits per heavy atom. The third-order valence-corrected chi connectivity index (χ3v) is 1.89. The van der Waals surface area contributed by atoms with Crippen molar-refractivity contribution in [1.82, 2.24) is 5.32 Å². The average Bonchev–Trinajstić information content (AvgIpc) is 2.54. The molecule has 1 aliphatic heterocycles. The van der Waals surface area contributed by atoms with Gasteiger partial charge in [-0.15, -0.1) is 0 Å². The number of nitrogens with two attached hydrogens (primary N) is 1. The molecule has 0 radical (unpaired) electrons. The molecule has 94 valence electrons. The topological polar surface area (TPSA) is 92.4 Å². The summed E-state index contributed by atoms with van der Waals surface area (Å²) in [6, 6.07) is 0. The zero-order valence-electron chi connectivity index (χ0n) is 8.38. The second kappa shape index (κ2) is 6.31. The Balaban J connectivity index is 0.000000293. The molecule has 0 aromatic rings. The van der Waals surface area contributed by atoms with Crippen molar-refractivity contribution in [3.63, 3.8) is 0 Å². The van der Waals surface area contributed by atoms with Gasteiger partial charge in [-0.05, 0) is 25.4 Å². The van der Waals surface area contributed by atoms with Crippen molar-refractivity contribution in [2.24, 2.45) is 11.7 Å². The van der Waals surface area contributed by atoms with Gasteiger partial charge in [0.2, 0.25) is 5.91 Å². The SMILES string of the molecule is NC(=O)CC1CCNC1.O=C(O)C(F)(F)F. The van der Waals surface area contributed by atoms with Gasteiger partial charge >= 0.3 is 12.1 Å². The molecule has 8 heteroatoms. The molecule has 1 unspecified atom stereocenters. The van der Waals surface area contributed by atoms with Crippen molar-refractivity contribution < 1.29 is 27.9 Å². The van der Waals surface area contributed by atoms with Crippen LogP contribution in [0.4, 0.5) is 13.2 Å². The zero-order valence-corrected chi connectivity index (χ0v) is 8.38. The molecule has 1 fully saturated rings. The molecular formula is C8H13F3N2O3. The van der Waals surface area contributed by atoms with Gasteiger partial charge < -0.3 is 16.2 Å². The van der Waals surface area contributed by atoms with E-state index in [9.17, 15) is 18.0 Å². The molecule has 0 saturated carbocycles. The third-order valence-electron chi connectivity index (χ3n) is 1.89. The largest absolute Gasteiger partial charge is 0.490 e. The van der Waals surface area contributed by atoms with E-state index >= 15 is 0 Å². The molecule has 0 bridgehead atoms. The van der Waals surface area contributed by atoms with Crippen molar-refractivity contribution in [2.75, 3.05) is 13.1 Å². The molecule has 0 aromatic heterocycles. The van der Waals surface area contributed by atoms with Crippen LogP contribution in [0.3, 0.4) is 0 Å². The number of carboxylic acids is 1. The quantitative estimate of drug-likeness (QED) is 0.640. The van der Waals surface area contributed by atoms with Crippen LogP contribution < -0.4 is 11.1 Å². The van der Waals surface area contributed by atoms with Crippen LogP contribution in [0.1, 0.15) is 12.8 Å². The van der Waals surface area contributed by atoms with Crippen LogP contribution in [0.5, 0.6) is 0 Å². The number of alkyl halides is 3. The summed E-state index contributed by atoms with van der Waals surface area (Å²) in [4.78, 5) is 19.2. The molecule has 0 aliphatic carbocycles. The lowest BCUT2D eigenvalue weighted by Crippen LogP contribution is -2.21. The van der Waals surface area contributed by atoms with Crippen molar-refractivity contribution in [3.05, 3.63) is 0 Å². The Hall–Kier alpha value is -1.31. The molecule has 1 aliphatic rings. The number of halogens is 3. The van der Waals surface area contributed by atoms with Crippen LogP contribution in [-0.4, -0.2) is 36.2 Å². The first-order chi connectivity index (χ1) is 7.23. The highest BCUT2D eigenvalue weighted by atomic mass is 19.4. The minimum atomic E-state index is -5.08. The number of aliphatic carboxylic acids is 1. The van der Waals surface area contributed by atoms with E-state index in [2.05, 4.69) is 5.32 Å². The minimum absolute atomic E-state index is 0.177. The smallest absolute Gasteiger partial charge is 0.475 e. The maximum absolute atomic E-state index is 10.6. The predicted molar refractivity (Wildman–Crippen MR) is 48.5 cm³/mol. The summed E-state index contributed by atoms with van der Waals surface area (Å²) >= 11 is 0.